The summed E-state index contributed by atoms with van der Waals surface area (Å²) in [6.07, 6.45) is 0. The number of carbonyl (C=O) groups is 1. The predicted molar refractivity (Wildman–Crippen MR) is 148 cm³/mol. The lowest BCUT2D eigenvalue weighted by Crippen LogP contribution is -2.31. The Kier molecular flexibility index (Phi) is 7.62. The third-order valence-electron chi connectivity index (χ3n) is 6.02. The Morgan fingerprint density at radius 1 is 0.765 bits per heavy atom. The highest BCUT2D eigenvalue weighted by atomic mass is 32.1. The quantitative estimate of drug-likeness (QED) is 0.297. The Morgan fingerprint density at radius 2 is 1.29 bits per heavy atom. The molecule has 0 unspecified atom stereocenters. The first-order valence-electron chi connectivity index (χ1n) is 11.8. The highest BCUT2D eigenvalue weighted by molar-refractivity contribution is 7.80. The van der Waals surface area contributed by atoms with Gasteiger partial charge < -0.3 is 10.6 Å². The van der Waals surface area contributed by atoms with Crippen LogP contribution in [0.5, 0.6) is 0 Å². The standard InChI is InChI=1S/C30H36N2OS/c1-20(21-11-15-24(16-12-21)29(2,3)4)31-28(34)32-26-10-8-9-23(19-26)27(33)22-13-17-25(18-14-22)30(5,6)7/h8-20H,1-7H3,(H2,31,32,34)/t20-/m1/s1. The smallest absolute Gasteiger partial charge is 0.193 e. The number of thiocarbonyl (C=S) groups is 1. The number of hydrogen-bond donors (Lipinski definition) is 2. The molecule has 0 amide bonds. The first kappa shape index (κ1) is 25.6. The minimum Gasteiger partial charge on any atom is -0.356 e. The summed E-state index contributed by atoms with van der Waals surface area (Å²) < 4.78 is 0. The van der Waals surface area contributed by atoms with Crippen LogP contribution in [0.3, 0.4) is 0 Å². The zero-order valence-corrected chi connectivity index (χ0v) is 22.1. The van der Waals surface area contributed by atoms with Gasteiger partial charge in [-0.2, -0.15) is 0 Å². The van der Waals surface area contributed by atoms with E-state index in [4.69, 9.17) is 12.2 Å². The largest absolute Gasteiger partial charge is 0.356 e. The normalized spacial score (nSPS) is 12.7. The van der Waals surface area contributed by atoms with Gasteiger partial charge in [-0.1, -0.05) is 102 Å². The van der Waals surface area contributed by atoms with Gasteiger partial charge in [-0.05, 0) is 58.8 Å². The van der Waals surface area contributed by atoms with Gasteiger partial charge in [-0.15, -0.1) is 0 Å². The second-order valence-electron chi connectivity index (χ2n) is 10.9. The fourth-order valence-corrected chi connectivity index (χ4v) is 4.04. The first-order valence-corrected chi connectivity index (χ1v) is 12.2. The number of anilines is 1. The van der Waals surface area contributed by atoms with Crippen molar-refractivity contribution in [3.63, 3.8) is 0 Å². The lowest BCUT2D eigenvalue weighted by atomic mass is 9.86. The Bertz CT molecular complexity index is 1150. The summed E-state index contributed by atoms with van der Waals surface area (Å²) in [5.41, 5.74) is 5.95. The fraction of sp³-hybridized carbons (Fsp3) is 0.333. The molecule has 0 aliphatic rings. The minimum atomic E-state index is -0.00436. The van der Waals surface area contributed by atoms with Crippen molar-refractivity contribution in [1.29, 1.82) is 0 Å². The molecule has 0 aromatic heterocycles. The van der Waals surface area contributed by atoms with Crippen molar-refractivity contribution in [2.75, 3.05) is 5.32 Å². The summed E-state index contributed by atoms with van der Waals surface area (Å²) in [6, 6.07) is 24.0. The van der Waals surface area contributed by atoms with Crippen LogP contribution in [0.15, 0.2) is 72.8 Å². The summed E-state index contributed by atoms with van der Waals surface area (Å²) >= 11 is 5.54. The van der Waals surface area contributed by atoms with Crippen molar-refractivity contribution < 1.29 is 4.79 Å². The van der Waals surface area contributed by atoms with Gasteiger partial charge in [0.2, 0.25) is 0 Å². The van der Waals surface area contributed by atoms with E-state index in [1.807, 2.05) is 48.5 Å². The molecule has 2 N–H and O–H groups in total. The van der Waals surface area contributed by atoms with Gasteiger partial charge in [0, 0.05) is 16.8 Å². The third kappa shape index (κ3) is 6.54. The molecule has 3 nitrogen and oxygen atoms in total. The van der Waals surface area contributed by atoms with Gasteiger partial charge in [-0.3, -0.25) is 4.79 Å². The molecule has 3 rings (SSSR count). The molecular weight excluding hydrogens is 436 g/mol. The van der Waals surface area contributed by atoms with E-state index in [-0.39, 0.29) is 22.7 Å². The molecule has 0 saturated carbocycles. The molecule has 0 radical (unpaired) electrons. The highest BCUT2D eigenvalue weighted by Gasteiger charge is 2.16. The Labute approximate surface area is 210 Å². The maximum atomic E-state index is 13.0. The number of carbonyl (C=O) groups excluding carboxylic acids is 1. The number of rotatable bonds is 5. The van der Waals surface area contributed by atoms with Crippen molar-refractivity contribution in [1.82, 2.24) is 5.32 Å². The van der Waals surface area contributed by atoms with Gasteiger partial charge in [0.05, 0.1) is 6.04 Å². The minimum absolute atomic E-state index is 0.00436. The average Bonchev–Trinajstić information content (AvgIpc) is 2.77. The molecule has 0 heterocycles. The number of ketones is 1. The Hall–Kier alpha value is -2.98. The van der Waals surface area contributed by atoms with E-state index in [2.05, 4.69) is 83.4 Å². The number of nitrogens with one attached hydrogen (secondary N) is 2. The van der Waals surface area contributed by atoms with Crippen molar-refractivity contribution in [3.8, 4) is 0 Å². The van der Waals surface area contributed by atoms with Gasteiger partial charge in [0.1, 0.15) is 0 Å². The van der Waals surface area contributed by atoms with Crippen molar-refractivity contribution in [2.45, 2.75) is 65.3 Å². The van der Waals surface area contributed by atoms with Crippen molar-refractivity contribution in [3.05, 3.63) is 101 Å². The Balaban J connectivity index is 1.65. The van der Waals surface area contributed by atoms with E-state index < -0.39 is 0 Å². The monoisotopic (exact) mass is 472 g/mol. The summed E-state index contributed by atoms with van der Waals surface area (Å²) in [5.74, 6) is -0.00436. The van der Waals surface area contributed by atoms with Crippen LogP contribution in [0, 0.1) is 0 Å². The zero-order valence-electron chi connectivity index (χ0n) is 21.3. The highest BCUT2D eigenvalue weighted by Crippen LogP contribution is 2.25. The predicted octanol–water partition coefficient (Wildman–Crippen LogP) is 7.56. The molecule has 1 atom stereocenters. The Morgan fingerprint density at radius 3 is 1.82 bits per heavy atom. The van der Waals surface area contributed by atoms with Crippen LogP contribution >= 0.6 is 12.2 Å². The van der Waals surface area contributed by atoms with Crippen molar-refractivity contribution in [2.24, 2.45) is 0 Å². The summed E-state index contributed by atoms with van der Waals surface area (Å²) in [4.78, 5) is 13.0. The number of hydrogen-bond acceptors (Lipinski definition) is 2. The molecular formula is C30H36N2OS. The molecule has 0 spiro atoms. The fourth-order valence-electron chi connectivity index (χ4n) is 3.75. The lowest BCUT2D eigenvalue weighted by Gasteiger charge is -2.21. The second-order valence-corrected chi connectivity index (χ2v) is 11.3. The molecule has 3 aromatic rings. The van der Waals surface area contributed by atoms with E-state index in [0.717, 1.165) is 5.69 Å². The molecule has 0 fully saturated rings. The third-order valence-corrected chi connectivity index (χ3v) is 6.24. The molecule has 0 aliphatic heterocycles. The summed E-state index contributed by atoms with van der Waals surface area (Å²) in [7, 11) is 0. The molecule has 34 heavy (non-hydrogen) atoms. The maximum absolute atomic E-state index is 13.0. The van der Waals surface area contributed by atoms with E-state index in [9.17, 15) is 4.79 Å². The summed E-state index contributed by atoms with van der Waals surface area (Å²) in [5, 5.41) is 7.08. The number of benzene rings is 3. The first-order chi connectivity index (χ1) is 15.8. The molecule has 4 heteroatoms. The van der Waals surface area contributed by atoms with E-state index in [1.165, 1.54) is 16.7 Å². The second kappa shape index (κ2) is 10.1. The van der Waals surface area contributed by atoms with Gasteiger partial charge in [0.15, 0.2) is 10.9 Å². The summed E-state index contributed by atoms with van der Waals surface area (Å²) in [6.45, 7) is 15.2. The van der Waals surface area contributed by atoms with Crippen LogP contribution < -0.4 is 10.6 Å². The van der Waals surface area contributed by atoms with Crippen LogP contribution in [-0.4, -0.2) is 10.9 Å². The topological polar surface area (TPSA) is 41.1 Å². The SMILES string of the molecule is C[C@@H](NC(=S)Nc1cccc(C(=O)c2ccc(C(C)(C)C)cc2)c1)c1ccc(C(C)(C)C)cc1. The maximum Gasteiger partial charge on any atom is 0.193 e. The van der Waals surface area contributed by atoms with E-state index in [1.54, 1.807) is 0 Å². The molecule has 0 saturated heterocycles. The molecule has 178 valence electrons. The van der Waals surface area contributed by atoms with Gasteiger partial charge >= 0.3 is 0 Å². The van der Waals surface area contributed by atoms with Crippen molar-refractivity contribution >= 4 is 28.8 Å². The van der Waals surface area contributed by atoms with Crippen LogP contribution in [0.4, 0.5) is 5.69 Å². The van der Waals surface area contributed by atoms with E-state index >= 15 is 0 Å². The van der Waals surface area contributed by atoms with Crippen LogP contribution in [0.1, 0.15) is 87.1 Å². The molecule has 0 aliphatic carbocycles. The molecule has 3 aromatic carbocycles. The van der Waals surface area contributed by atoms with Crippen LogP contribution in [-0.2, 0) is 10.8 Å². The van der Waals surface area contributed by atoms with E-state index in [0.29, 0.717) is 16.2 Å². The van der Waals surface area contributed by atoms with Gasteiger partial charge in [-0.25, -0.2) is 0 Å². The van der Waals surface area contributed by atoms with Gasteiger partial charge in [0.25, 0.3) is 0 Å². The van der Waals surface area contributed by atoms with Crippen LogP contribution in [0.2, 0.25) is 0 Å². The molecule has 0 bridgehead atoms. The average molecular weight is 473 g/mol. The van der Waals surface area contributed by atoms with Crippen LogP contribution in [0.25, 0.3) is 0 Å². The lowest BCUT2D eigenvalue weighted by molar-refractivity contribution is 0.103. The zero-order chi connectivity index (χ0) is 25.1.